The van der Waals surface area contributed by atoms with Crippen molar-refractivity contribution in [2.24, 2.45) is 0 Å². The molecule has 0 heterocycles. The van der Waals surface area contributed by atoms with E-state index in [0.29, 0.717) is 5.56 Å². The van der Waals surface area contributed by atoms with Crippen LogP contribution < -0.4 is 0 Å². The predicted octanol–water partition coefficient (Wildman–Crippen LogP) is 1.24. The van der Waals surface area contributed by atoms with Crippen LogP contribution in [0.2, 0.25) is 0 Å². The molecule has 1 N–H and O–H groups in total. The van der Waals surface area contributed by atoms with Crippen LogP contribution in [0.15, 0.2) is 29.2 Å². The number of carbonyl (C=O) groups is 1. The van der Waals surface area contributed by atoms with E-state index in [9.17, 15) is 13.2 Å². The van der Waals surface area contributed by atoms with Crippen LogP contribution in [0, 0.1) is 0 Å². The van der Waals surface area contributed by atoms with Crippen molar-refractivity contribution in [1.29, 1.82) is 0 Å². The van der Waals surface area contributed by atoms with Crippen LogP contribution in [0.3, 0.4) is 0 Å². The molecular formula is C9H10O4S. The van der Waals surface area contributed by atoms with Gasteiger partial charge in [0.2, 0.25) is 0 Å². The third-order valence-electron chi connectivity index (χ3n) is 1.91. The van der Waals surface area contributed by atoms with Gasteiger partial charge in [-0.15, -0.1) is 0 Å². The molecule has 0 aromatic heterocycles. The van der Waals surface area contributed by atoms with Crippen LogP contribution in [-0.2, 0) is 14.9 Å². The molecule has 4 nitrogen and oxygen atoms in total. The summed E-state index contributed by atoms with van der Waals surface area (Å²) in [5.41, 5.74) is 0.715. The topological polar surface area (TPSA) is 71.4 Å². The van der Waals surface area contributed by atoms with Gasteiger partial charge >= 0.3 is 0 Å². The fourth-order valence-corrected chi connectivity index (χ4v) is 1.50. The number of hydrogen-bond donors (Lipinski definition) is 1. The maximum absolute atomic E-state index is 10.7. The quantitative estimate of drug-likeness (QED) is 0.607. The molecule has 0 spiro atoms. The summed E-state index contributed by atoms with van der Waals surface area (Å²) in [6, 6.07) is 5.54. The van der Waals surface area contributed by atoms with E-state index >= 15 is 0 Å². The largest absolute Gasteiger partial charge is 0.303 e. The van der Waals surface area contributed by atoms with Crippen molar-refractivity contribution < 1.29 is 17.8 Å². The average Bonchev–Trinajstić information content (AvgIpc) is 2.15. The van der Waals surface area contributed by atoms with Crippen molar-refractivity contribution >= 4 is 16.4 Å². The first kappa shape index (κ1) is 10.9. The van der Waals surface area contributed by atoms with Crippen LogP contribution in [0.4, 0.5) is 0 Å². The van der Waals surface area contributed by atoms with Gasteiger partial charge in [-0.3, -0.25) is 4.55 Å². The Bertz CT molecular complexity index is 419. The number of aldehydes is 1. The van der Waals surface area contributed by atoms with Gasteiger partial charge < -0.3 is 4.79 Å². The second-order valence-electron chi connectivity index (χ2n) is 2.97. The van der Waals surface area contributed by atoms with E-state index < -0.39 is 10.1 Å². The first-order chi connectivity index (χ1) is 6.45. The molecule has 0 aliphatic carbocycles. The van der Waals surface area contributed by atoms with E-state index in [1.54, 1.807) is 6.92 Å². The lowest BCUT2D eigenvalue weighted by Crippen LogP contribution is -1.99. The second kappa shape index (κ2) is 3.89. The summed E-state index contributed by atoms with van der Waals surface area (Å²) < 4.78 is 30.0. The molecule has 5 heteroatoms. The third-order valence-corrected chi connectivity index (χ3v) is 2.78. The molecule has 0 bridgehead atoms. The lowest BCUT2D eigenvalue weighted by atomic mass is 10.0. The smallest absolute Gasteiger partial charge is 0.294 e. The molecule has 0 radical (unpaired) electrons. The van der Waals surface area contributed by atoms with Gasteiger partial charge in [0.05, 0.1) is 4.90 Å². The van der Waals surface area contributed by atoms with Crippen LogP contribution in [0.25, 0.3) is 0 Å². The fourth-order valence-electron chi connectivity index (χ4n) is 1.02. The number of carbonyl (C=O) groups excluding carboxylic acids is 1. The molecule has 0 amide bonds. The fraction of sp³-hybridized carbons (Fsp3) is 0.222. The highest BCUT2D eigenvalue weighted by molar-refractivity contribution is 7.85. The Hall–Kier alpha value is -1.20. The zero-order valence-electron chi connectivity index (χ0n) is 7.54. The van der Waals surface area contributed by atoms with Crippen molar-refractivity contribution in [1.82, 2.24) is 0 Å². The van der Waals surface area contributed by atoms with Crippen LogP contribution in [0.1, 0.15) is 18.4 Å². The molecule has 0 aliphatic heterocycles. The van der Waals surface area contributed by atoms with E-state index in [2.05, 4.69) is 0 Å². The van der Waals surface area contributed by atoms with Gasteiger partial charge in [0.1, 0.15) is 6.29 Å². The van der Waals surface area contributed by atoms with Gasteiger partial charge in [-0.25, -0.2) is 0 Å². The van der Waals surface area contributed by atoms with Gasteiger partial charge in [-0.2, -0.15) is 8.42 Å². The van der Waals surface area contributed by atoms with E-state index in [-0.39, 0.29) is 10.8 Å². The molecule has 0 saturated carbocycles. The molecule has 1 aromatic carbocycles. The van der Waals surface area contributed by atoms with Crippen molar-refractivity contribution in [3.05, 3.63) is 29.8 Å². The summed E-state index contributed by atoms with van der Waals surface area (Å²) in [5, 5.41) is 0. The monoisotopic (exact) mass is 214 g/mol. The van der Waals surface area contributed by atoms with Gasteiger partial charge in [0, 0.05) is 5.92 Å². The number of hydrogen-bond acceptors (Lipinski definition) is 3. The van der Waals surface area contributed by atoms with Crippen LogP contribution >= 0.6 is 0 Å². The van der Waals surface area contributed by atoms with Gasteiger partial charge in [-0.05, 0) is 17.7 Å². The molecule has 1 aromatic rings. The second-order valence-corrected chi connectivity index (χ2v) is 4.39. The van der Waals surface area contributed by atoms with Crippen molar-refractivity contribution in [2.75, 3.05) is 0 Å². The molecule has 0 aliphatic rings. The minimum atomic E-state index is -4.14. The first-order valence-corrected chi connectivity index (χ1v) is 5.42. The minimum Gasteiger partial charge on any atom is -0.303 e. The molecule has 0 saturated heterocycles. The highest BCUT2D eigenvalue weighted by atomic mass is 32.2. The van der Waals surface area contributed by atoms with Gasteiger partial charge in [0.15, 0.2) is 0 Å². The molecular weight excluding hydrogens is 204 g/mol. The molecule has 1 atom stereocenters. The lowest BCUT2D eigenvalue weighted by Gasteiger charge is -2.03. The highest BCUT2D eigenvalue weighted by Gasteiger charge is 2.10. The summed E-state index contributed by atoms with van der Waals surface area (Å²) in [6.45, 7) is 1.70. The molecule has 76 valence electrons. The van der Waals surface area contributed by atoms with E-state index in [1.165, 1.54) is 24.3 Å². The Labute approximate surface area is 82.3 Å². The predicted molar refractivity (Wildman–Crippen MR) is 50.7 cm³/mol. The SMILES string of the molecule is CC(C=O)c1ccc(S(=O)(=O)O)cc1. The summed E-state index contributed by atoms with van der Waals surface area (Å²) in [6.07, 6.45) is 0.766. The summed E-state index contributed by atoms with van der Waals surface area (Å²) in [4.78, 5) is 10.3. The Morgan fingerprint density at radius 3 is 2.14 bits per heavy atom. The van der Waals surface area contributed by atoms with Gasteiger partial charge in [-0.1, -0.05) is 19.1 Å². The normalized spacial score (nSPS) is 13.6. The first-order valence-electron chi connectivity index (χ1n) is 3.98. The van der Waals surface area contributed by atoms with Crippen LogP contribution in [-0.4, -0.2) is 19.3 Å². The van der Waals surface area contributed by atoms with Crippen LogP contribution in [0.5, 0.6) is 0 Å². The Morgan fingerprint density at radius 2 is 1.79 bits per heavy atom. The molecule has 0 fully saturated rings. The Kier molecular flexibility index (Phi) is 3.03. The summed E-state index contributed by atoms with van der Waals surface area (Å²) >= 11 is 0. The standard InChI is InChI=1S/C9H10O4S/c1-7(6-10)8-2-4-9(5-3-8)14(11,12)13/h2-7H,1H3,(H,11,12,13). The summed E-state index contributed by atoms with van der Waals surface area (Å²) in [7, 11) is -4.14. The number of benzene rings is 1. The van der Waals surface area contributed by atoms with Crippen molar-refractivity contribution in [3.8, 4) is 0 Å². The van der Waals surface area contributed by atoms with E-state index in [0.717, 1.165) is 6.29 Å². The average molecular weight is 214 g/mol. The maximum atomic E-state index is 10.7. The van der Waals surface area contributed by atoms with Gasteiger partial charge in [0.25, 0.3) is 10.1 Å². The molecule has 1 rings (SSSR count). The Balaban J connectivity index is 3.07. The van der Waals surface area contributed by atoms with Crippen molar-refractivity contribution in [2.45, 2.75) is 17.7 Å². The van der Waals surface area contributed by atoms with E-state index in [4.69, 9.17) is 4.55 Å². The summed E-state index contributed by atoms with van der Waals surface area (Å²) in [5.74, 6) is -0.273. The zero-order chi connectivity index (χ0) is 10.8. The number of rotatable bonds is 3. The van der Waals surface area contributed by atoms with E-state index in [1.807, 2.05) is 0 Å². The highest BCUT2D eigenvalue weighted by Crippen LogP contribution is 2.15. The minimum absolute atomic E-state index is 0.167. The maximum Gasteiger partial charge on any atom is 0.294 e. The molecule has 14 heavy (non-hydrogen) atoms. The molecule has 1 unspecified atom stereocenters. The third kappa shape index (κ3) is 2.40. The lowest BCUT2D eigenvalue weighted by molar-refractivity contribution is -0.108. The Morgan fingerprint density at radius 1 is 1.29 bits per heavy atom. The van der Waals surface area contributed by atoms with Crippen molar-refractivity contribution in [3.63, 3.8) is 0 Å². The zero-order valence-corrected chi connectivity index (χ0v) is 8.36.